The molecule has 3 rings (SSSR count). The Hall–Kier alpha value is -4.02. The first-order valence-corrected chi connectivity index (χ1v) is 8.91. The number of benzene rings is 1. The molecule has 1 N–H and O–H groups in total. The summed E-state index contributed by atoms with van der Waals surface area (Å²) in [5.74, 6) is 0.503. The molecule has 0 aliphatic heterocycles. The van der Waals surface area contributed by atoms with Crippen molar-refractivity contribution in [1.82, 2.24) is 25.1 Å². The van der Waals surface area contributed by atoms with Crippen LogP contribution in [0.5, 0.6) is 17.8 Å². The number of methoxy groups -OCH3 is 1. The van der Waals surface area contributed by atoms with E-state index in [1.807, 2.05) is 45.3 Å². The summed E-state index contributed by atoms with van der Waals surface area (Å²) in [6, 6.07) is 10.9. The third-order valence-electron chi connectivity index (χ3n) is 3.69. The number of esters is 1. The van der Waals surface area contributed by atoms with Crippen molar-refractivity contribution in [3.05, 3.63) is 42.0 Å². The van der Waals surface area contributed by atoms with Gasteiger partial charge in [0, 0.05) is 31.9 Å². The number of carbonyl (C=O) groups excluding carboxylic acids is 1. The molecule has 2 aromatic heterocycles. The molecule has 11 nitrogen and oxygen atoms in total. The molecule has 3 aromatic rings. The highest BCUT2D eigenvalue weighted by molar-refractivity contribution is 5.70. The van der Waals surface area contributed by atoms with E-state index in [4.69, 9.17) is 9.47 Å². The van der Waals surface area contributed by atoms with E-state index in [9.17, 15) is 4.79 Å². The number of nitrogens with zero attached hydrogens (tertiary/aromatic N) is 6. The zero-order valence-electron chi connectivity index (χ0n) is 17.0. The van der Waals surface area contributed by atoms with E-state index in [0.717, 1.165) is 11.3 Å². The summed E-state index contributed by atoms with van der Waals surface area (Å²) in [5.41, 5.74) is 1.97. The van der Waals surface area contributed by atoms with Crippen molar-refractivity contribution in [1.29, 1.82) is 0 Å². The third kappa shape index (κ3) is 5.74. The Morgan fingerprint density at radius 1 is 1.00 bits per heavy atom. The average molecular weight is 411 g/mol. The molecule has 2 heterocycles. The number of aryl methyl sites for hydroxylation is 1. The maximum absolute atomic E-state index is 11.1. The Balaban J connectivity index is 1.75. The molecule has 30 heavy (non-hydrogen) atoms. The summed E-state index contributed by atoms with van der Waals surface area (Å²) in [6.07, 6.45) is 0. The second-order valence-electron chi connectivity index (χ2n) is 6.30. The van der Waals surface area contributed by atoms with Crippen molar-refractivity contribution < 1.29 is 19.0 Å². The second kappa shape index (κ2) is 9.45. The van der Waals surface area contributed by atoms with E-state index in [1.54, 1.807) is 4.90 Å². The third-order valence-corrected chi connectivity index (χ3v) is 3.69. The quantitative estimate of drug-likeness (QED) is 0.548. The van der Waals surface area contributed by atoms with Gasteiger partial charge in [0.25, 0.3) is 0 Å². The van der Waals surface area contributed by atoms with E-state index in [1.165, 1.54) is 19.2 Å². The summed E-state index contributed by atoms with van der Waals surface area (Å²) in [6.45, 7) is 1.74. The highest BCUT2D eigenvalue weighted by atomic mass is 16.6. The minimum Gasteiger partial charge on any atom is -0.466 e. The fraction of sp³-hybridized carbons (Fsp3) is 0.263. The molecule has 156 valence electrons. The number of ether oxygens (including phenoxy) is 3. The predicted octanol–water partition coefficient (Wildman–Crippen LogP) is 2.12. The molecule has 0 aliphatic carbocycles. The highest BCUT2D eigenvalue weighted by Crippen LogP contribution is 2.21. The SMILES string of the molecule is COC(=O)COc1ccc(Oc2nc(Nc3ccc(C)cc3)nc(N(C)C)n2)nn1. The lowest BCUT2D eigenvalue weighted by molar-refractivity contribution is -0.143. The van der Waals surface area contributed by atoms with Crippen molar-refractivity contribution in [2.24, 2.45) is 0 Å². The lowest BCUT2D eigenvalue weighted by Crippen LogP contribution is -2.15. The van der Waals surface area contributed by atoms with Crippen LogP contribution >= 0.6 is 0 Å². The van der Waals surface area contributed by atoms with Crippen LogP contribution in [-0.4, -0.2) is 58.9 Å². The van der Waals surface area contributed by atoms with Crippen molar-refractivity contribution >= 4 is 23.6 Å². The Labute approximate surface area is 173 Å². The lowest BCUT2D eigenvalue weighted by atomic mass is 10.2. The van der Waals surface area contributed by atoms with E-state index in [0.29, 0.717) is 11.9 Å². The largest absolute Gasteiger partial charge is 0.466 e. The van der Waals surface area contributed by atoms with E-state index < -0.39 is 5.97 Å². The first-order valence-electron chi connectivity index (χ1n) is 8.91. The molecule has 0 amide bonds. The van der Waals surface area contributed by atoms with Crippen LogP contribution in [0.3, 0.4) is 0 Å². The van der Waals surface area contributed by atoms with Crippen LogP contribution in [0.1, 0.15) is 5.56 Å². The maximum atomic E-state index is 11.1. The van der Waals surface area contributed by atoms with Gasteiger partial charge in [-0.2, -0.15) is 15.0 Å². The van der Waals surface area contributed by atoms with Gasteiger partial charge in [-0.15, -0.1) is 10.2 Å². The smallest absolute Gasteiger partial charge is 0.343 e. The molecule has 0 spiro atoms. The Bertz CT molecular complexity index is 995. The molecule has 0 bridgehead atoms. The van der Waals surface area contributed by atoms with Crippen LogP contribution in [0, 0.1) is 6.92 Å². The lowest BCUT2D eigenvalue weighted by Gasteiger charge is -2.13. The summed E-state index contributed by atoms with van der Waals surface area (Å²) < 4.78 is 15.3. The highest BCUT2D eigenvalue weighted by Gasteiger charge is 2.12. The number of anilines is 3. The average Bonchev–Trinajstić information content (AvgIpc) is 2.74. The molecule has 0 unspecified atom stereocenters. The molecule has 0 saturated carbocycles. The second-order valence-corrected chi connectivity index (χ2v) is 6.30. The summed E-state index contributed by atoms with van der Waals surface area (Å²) in [5, 5.41) is 10.9. The predicted molar refractivity (Wildman–Crippen MR) is 108 cm³/mol. The van der Waals surface area contributed by atoms with Crippen molar-refractivity contribution in [3.63, 3.8) is 0 Å². The Morgan fingerprint density at radius 2 is 1.70 bits per heavy atom. The Kier molecular flexibility index (Phi) is 6.53. The molecule has 0 atom stereocenters. The molecule has 11 heteroatoms. The Morgan fingerprint density at radius 3 is 2.33 bits per heavy atom. The van der Waals surface area contributed by atoms with Gasteiger partial charge in [0.1, 0.15) is 0 Å². The topological polar surface area (TPSA) is 124 Å². The van der Waals surface area contributed by atoms with Gasteiger partial charge in [-0.05, 0) is 19.1 Å². The number of carbonyl (C=O) groups is 1. The van der Waals surface area contributed by atoms with Gasteiger partial charge in [0.15, 0.2) is 6.61 Å². The number of hydrogen-bond donors (Lipinski definition) is 1. The number of nitrogens with one attached hydrogen (secondary N) is 1. The van der Waals surface area contributed by atoms with Gasteiger partial charge in [0.2, 0.25) is 23.7 Å². The monoisotopic (exact) mass is 411 g/mol. The van der Waals surface area contributed by atoms with E-state index >= 15 is 0 Å². The van der Waals surface area contributed by atoms with Gasteiger partial charge in [-0.25, -0.2) is 4.79 Å². The summed E-state index contributed by atoms with van der Waals surface area (Å²) in [7, 11) is 4.89. The first-order chi connectivity index (χ1) is 14.4. The van der Waals surface area contributed by atoms with Crippen LogP contribution in [0.2, 0.25) is 0 Å². The molecule has 0 aliphatic rings. The zero-order valence-corrected chi connectivity index (χ0v) is 17.0. The molecular formula is C19H21N7O4. The van der Waals surface area contributed by atoms with Crippen LogP contribution in [0.4, 0.5) is 17.6 Å². The number of aromatic nitrogens is 5. The normalized spacial score (nSPS) is 10.3. The van der Waals surface area contributed by atoms with Gasteiger partial charge in [-0.1, -0.05) is 17.7 Å². The first kappa shape index (κ1) is 20.7. The van der Waals surface area contributed by atoms with Gasteiger partial charge in [0.05, 0.1) is 7.11 Å². The molecule has 1 aromatic carbocycles. The van der Waals surface area contributed by atoms with Crippen LogP contribution < -0.4 is 19.7 Å². The van der Waals surface area contributed by atoms with Gasteiger partial charge >= 0.3 is 12.0 Å². The van der Waals surface area contributed by atoms with Crippen molar-refractivity contribution in [2.45, 2.75) is 6.92 Å². The maximum Gasteiger partial charge on any atom is 0.343 e. The molecule has 0 radical (unpaired) electrons. The fourth-order valence-electron chi connectivity index (χ4n) is 2.14. The van der Waals surface area contributed by atoms with Crippen LogP contribution in [-0.2, 0) is 9.53 Å². The fourth-order valence-corrected chi connectivity index (χ4v) is 2.14. The minimum absolute atomic E-state index is 0.0424. The van der Waals surface area contributed by atoms with E-state index in [2.05, 4.69) is 35.2 Å². The minimum atomic E-state index is -0.521. The summed E-state index contributed by atoms with van der Waals surface area (Å²) in [4.78, 5) is 25.7. The van der Waals surface area contributed by atoms with Crippen LogP contribution in [0.25, 0.3) is 0 Å². The molecule has 0 saturated heterocycles. The standard InChI is InChI=1S/C19H21N7O4/c1-12-5-7-13(8-6-12)20-17-21-18(26(2)3)23-19(22-17)30-15-10-9-14(24-25-15)29-11-16(27)28-4/h5-10H,11H2,1-4H3,(H,20,21,22,23). The number of hydrogen-bond acceptors (Lipinski definition) is 11. The van der Waals surface area contributed by atoms with E-state index in [-0.39, 0.29) is 24.4 Å². The van der Waals surface area contributed by atoms with Crippen molar-refractivity contribution in [3.8, 4) is 17.8 Å². The molecular weight excluding hydrogens is 390 g/mol. The van der Waals surface area contributed by atoms with Crippen molar-refractivity contribution in [2.75, 3.05) is 38.0 Å². The van der Waals surface area contributed by atoms with Gasteiger partial charge in [-0.3, -0.25) is 0 Å². The van der Waals surface area contributed by atoms with Gasteiger partial charge < -0.3 is 24.4 Å². The number of rotatable bonds is 8. The summed E-state index contributed by atoms with van der Waals surface area (Å²) >= 11 is 0. The zero-order chi connectivity index (χ0) is 21.5. The molecule has 0 fully saturated rings. The van der Waals surface area contributed by atoms with Crippen LogP contribution in [0.15, 0.2) is 36.4 Å².